The molecule has 1 amide bonds. The van der Waals surface area contributed by atoms with Crippen molar-refractivity contribution in [1.29, 1.82) is 0 Å². The van der Waals surface area contributed by atoms with Crippen molar-refractivity contribution in [1.82, 2.24) is 4.90 Å². The van der Waals surface area contributed by atoms with Crippen molar-refractivity contribution in [2.45, 2.75) is 39.3 Å². The highest BCUT2D eigenvalue weighted by Crippen LogP contribution is 2.27. The van der Waals surface area contributed by atoms with Gasteiger partial charge in [0.15, 0.2) is 15.9 Å². The van der Waals surface area contributed by atoms with Gasteiger partial charge < -0.3 is 14.1 Å². The lowest BCUT2D eigenvalue weighted by molar-refractivity contribution is -0.139. The number of rotatable bonds is 6. The maximum atomic E-state index is 13.1. The van der Waals surface area contributed by atoms with E-state index in [4.69, 9.17) is 9.15 Å². The molecular formula is C25H27NO6S. The molecule has 2 heterocycles. The molecule has 2 atom stereocenters. The third kappa shape index (κ3) is 4.66. The Kier molecular flexibility index (Phi) is 6.30. The van der Waals surface area contributed by atoms with E-state index in [2.05, 4.69) is 0 Å². The SMILES string of the molecule is CCN(C(=O)[C@H](C)Oc1ccc2c(=O)c(-c3ccccc3)c(C)oc2c1)[C@@H]1CCS(=O)(=O)C1. The van der Waals surface area contributed by atoms with E-state index in [0.717, 1.165) is 5.56 Å². The number of carbonyl (C=O) groups is 1. The van der Waals surface area contributed by atoms with E-state index in [1.54, 1.807) is 36.9 Å². The van der Waals surface area contributed by atoms with Gasteiger partial charge in [-0.1, -0.05) is 30.3 Å². The number of hydrogen-bond acceptors (Lipinski definition) is 6. The molecule has 1 aliphatic rings. The third-order valence-electron chi connectivity index (χ3n) is 6.04. The first-order valence-corrected chi connectivity index (χ1v) is 12.8. The molecular weight excluding hydrogens is 442 g/mol. The van der Waals surface area contributed by atoms with Crippen molar-refractivity contribution in [3.8, 4) is 16.9 Å². The summed E-state index contributed by atoms with van der Waals surface area (Å²) in [4.78, 5) is 27.7. The standard InChI is InChI=1S/C25H27NO6S/c1-4-26(19-12-13-33(29,30)15-19)25(28)17(3)31-20-10-11-21-22(14-20)32-16(2)23(24(21)27)18-8-6-5-7-9-18/h5-11,14,17,19H,4,12-13,15H2,1-3H3/t17-,19+/m0/s1. The first kappa shape index (κ1) is 23.0. The van der Waals surface area contributed by atoms with Gasteiger partial charge in [0.05, 0.1) is 22.5 Å². The van der Waals surface area contributed by atoms with Crippen LogP contribution in [0.2, 0.25) is 0 Å². The number of nitrogens with zero attached hydrogens (tertiary/aromatic N) is 1. The Morgan fingerprint density at radius 2 is 1.94 bits per heavy atom. The molecule has 0 N–H and O–H groups in total. The number of ether oxygens (including phenoxy) is 1. The Morgan fingerprint density at radius 1 is 1.21 bits per heavy atom. The summed E-state index contributed by atoms with van der Waals surface area (Å²) in [5.74, 6) is 0.721. The van der Waals surface area contributed by atoms with Gasteiger partial charge in [0, 0.05) is 18.7 Å². The van der Waals surface area contributed by atoms with Crippen LogP contribution in [0, 0.1) is 6.92 Å². The Balaban J connectivity index is 1.58. The van der Waals surface area contributed by atoms with Crippen LogP contribution in [-0.4, -0.2) is 49.4 Å². The average Bonchev–Trinajstić information content (AvgIpc) is 3.14. The van der Waals surface area contributed by atoms with Crippen LogP contribution in [0.15, 0.2) is 57.7 Å². The molecule has 8 heteroatoms. The summed E-state index contributed by atoms with van der Waals surface area (Å²) in [6, 6.07) is 13.9. The van der Waals surface area contributed by atoms with E-state index >= 15 is 0 Å². The van der Waals surface area contributed by atoms with Crippen LogP contribution >= 0.6 is 0 Å². The zero-order chi connectivity index (χ0) is 23.8. The number of carbonyl (C=O) groups excluding carboxylic acids is 1. The van der Waals surface area contributed by atoms with Gasteiger partial charge in [-0.3, -0.25) is 9.59 Å². The predicted octanol–water partition coefficient (Wildman–Crippen LogP) is 3.57. The number of amides is 1. The van der Waals surface area contributed by atoms with Crippen molar-refractivity contribution >= 4 is 26.7 Å². The Morgan fingerprint density at radius 3 is 2.58 bits per heavy atom. The van der Waals surface area contributed by atoms with Crippen molar-refractivity contribution in [2.75, 3.05) is 18.1 Å². The molecule has 1 aliphatic heterocycles. The fourth-order valence-electron chi connectivity index (χ4n) is 4.40. The molecule has 3 aromatic rings. The molecule has 33 heavy (non-hydrogen) atoms. The Labute approximate surface area is 192 Å². The summed E-state index contributed by atoms with van der Waals surface area (Å²) < 4.78 is 35.5. The van der Waals surface area contributed by atoms with E-state index in [1.807, 2.05) is 37.3 Å². The largest absolute Gasteiger partial charge is 0.481 e. The number of sulfone groups is 1. The molecule has 1 saturated heterocycles. The second-order valence-electron chi connectivity index (χ2n) is 8.33. The summed E-state index contributed by atoms with van der Waals surface area (Å²) in [5.41, 5.74) is 1.56. The normalized spacial score (nSPS) is 18.2. The molecule has 0 saturated carbocycles. The molecule has 1 aromatic heterocycles. The first-order chi connectivity index (χ1) is 15.7. The number of benzene rings is 2. The van der Waals surface area contributed by atoms with Crippen molar-refractivity contribution in [3.05, 3.63) is 64.5 Å². The van der Waals surface area contributed by atoms with Crippen LogP contribution in [-0.2, 0) is 14.6 Å². The topological polar surface area (TPSA) is 93.9 Å². The summed E-state index contributed by atoms with van der Waals surface area (Å²) in [5, 5.41) is 0.428. The lowest BCUT2D eigenvalue weighted by Gasteiger charge is -2.29. The minimum Gasteiger partial charge on any atom is -0.481 e. The highest BCUT2D eigenvalue weighted by molar-refractivity contribution is 7.91. The van der Waals surface area contributed by atoms with Crippen LogP contribution in [0.25, 0.3) is 22.1 Å². The molecule has 1 fully saturated rings. The fourth-order valence-corrected chi connectivity index (χ4v) is 6.13. The molecule has 0 aliphatic carbocycles. The van der Waals surface area contributed by atoms with E-state index in [9.17, 15) is 18.0 Å². The summed E-state index contributed by atoms with van der Waals surface area (Å²) in [6.07, 6.45) is -0.374. The molecule has 174 valence electrons. The van der Waals surface area contributed by atoms with Crippen LogP contribution in [0.3, 0.4) is 0 Å². The summed E-state index contributed by atoms with van der Waals surface area (Å²) >= 11 is 0. The third-order valence-corrected chi connectivity index (χ3v) is 7.79. The maximum absolute atomic E-state index is 13.1. The van der Waals surface area contributed by atoms with Crippen LogP contribution in [0.1, 0.15) is 26.0 Å². The van der Waals surface area contributed by atoms with Crippen molar-refractivity contribution in [3.63, 3.8) is 0 Å². The van der Waals surface area contributed by atoms with E-state index in [0.29, 0.717) is 41.0 Å². The molecule has 0 bridgehead atoms. The lowest BCUT2D eigenvalue weighted by Crippen LogP contribution is -2.46. The van der Waals surface area contributed by atoms with E-state index < -0.39 is 15.9 Å². The molecule has 7 nitrogen and oxygen atoms in total. The van der Waals surface area contributed by atoms with Gasteiger partial charge in [-0.15, -0.1) is 0 Å². The molecule has 4 rings (SSSR count). The summed E-state index contributed by atoms with van der Waals surface area (Å²) in [7, 11) is -3.10. The highest BCUT2D eigenvalue weighted by Gasteiger charge is 2.35. The van der Waals surface area contributed by atoms with Crippen LogP contribution < -0.4 is 10.2 Å². The molecule has 2 aromatic carbocycles. The second kappa shape index (κ2) is 9.02. The minimum atomic E-state index is -3.10. The van der Waals surface area contributed by atoms with Gasteiger partial charge in [0.1, 0.15) is 17.1 Å². The molecule has 0 spiro atoms. The number of hydrogen-bond donors (Lipinski definition) is 0. The fraction of sp³-hybridized carbons (Fsp3) is 0.360. The number of aryl methyl sites for hydroxylation is 1. The predicted molar refractivity (Wildman–Crippen MR) is 127 cm³/mol. The van der Waals surface area contributed by atoms with E-state index in [-0.39, 0.29) is 28.9 Å². The maximum Gasteiger partial charge on any atom is 0.263 e. The van der Waals surface area contributed by atoms with Crippen molar-refractivity contribution in [2.24, 2.45) is 0 Å². The molecule has 0 unspecified atom stereocenters. The lowest BCUT2D eigenvalue weighted by atomic mass is 10.0. The quantitative estimate of drug-likeness (QED) is 0.548. The van der Waals surface area contributed by atoms with Gasteiger partial charge in [-0.05, 0) is 44.9 Å². The van der Waals surface area contributed by atoms with Gasteiger partial charge in [0.25, 0.3) is 5.91 Å². The number of likely N-dealkylation sites (N-methyl/N-ethyl adjacent to an activating group) is 1. The van der Waals surface area contributed by atoms with Gasteiger partial charge in [-0.2, -0.15) is 0 Å². The zero-order valence-electron chi connectivity index (χ0n) is 18.9. The highest BCUT2D eigenvalue weighted by atomic mass is 32.2. The Bertz CT molecular complexity index is 1350. The summed E-state index contributed by atoms with van der Waals surface area (Å²) in [6.45, 7) is 5.62. The molecule has 0 radical (unpaired) electrons. The average molecular weight is 470 g/mol. The Hall–Kier alpha value is -3.13. The van der Waals surface area contributed by atoms with Crippen LogP contribution in [0.5, 0.6) is 5.75 Å². The van der Waals surface area contributed by atoms with Crippen LogP contribution in [0.4, 0.5) is 0 Å². The monoisotopic (exact) mass is 469 g/mol. The smallest absolute Gasteiger partial charge is 0.263 e. The minimum absolute atomic E-state index is 0.0105. The zero-order valence-corrected chi connectivity index (χ0v) is 19.7. The van der Waals surface area contributed by atoms with Gasteiger partial charge >= 0.3 is 0 Å². The van der Waals surface area contributed by atoms with Crippen molar-refractivity contribution < 1.29 is 22.4 Å². The van der Waals surface area contributed by atoms with Gasteiger partial charge in [0.2, 0.25) is 5.43 Å². The first-order valence-electron chi connectivity index (χ1n) is 11.0. The second-order valence-corrected chi connectivity index (χ2v) is 10.6. The van der Waals surface area contributed by atoms with Gasteiger partial charge in [-0.25, -0.2) is 8.42 Å². The van der Waals surface area contributed by atoms with E-state index in [1.165, 1.54) is 0 Å². The number of fused-ring (bicyclic) bond motifs is 1.